The zero-order valence-electron chi connectivity index (χ0n) is 15.7. The monoisotopic (exact) mass is 370 g/mol. The summed E-state index contributed by atoms with van der Waals surface area (Å²) in [6.07, 6.45) is 7.71. The molecule has 2 aromatic rings. The smallest absolute Gasteiger partial charge is 0.229 e. The van der Waals surface area contributed by atoms with E-state index in [9.17, 15) is 4.79 Å². The Morgan fingerprint density at radius 1 is 1.30 bits per heavy atom. The molecule has 144 valence electrons. The van der Waals surface area contributed by atoms with Crippen molar-refractivity contribution in [3.05, 3.63) is 17.8 Å². The first-order valence-corrected chi connectivity index (χ1v) is 10.1. The number of carbonyl (C=O) groups excluding carboxylic acids is 1. The average Bonchev–Trinajstić information content (AvgIpc) is 3.29. The molecule has 0 spiro atoms. The van der Waals surface area contributed by atoms with Gasteiger partial charge in [-0.3, -0.25) is 14.7 Å². The SMILES string of the molecule is Cc1ccc2nc(NC(=O)CCO[C@@H]3C[C@@H]4CC[C@H]3O4)n(C3CCC3)c2n1. The number of rotatable bonds is 6. The van der Waals surface area contributed by atoms with Gasteiger partial charge in [0.2, 0.25) is 11.9 Å². The number of amides is 1. The first-order valence-electron chi connectivity index (χ1n) is 10.1. The lowest BCUT2D eigenvalue weighted by atomic mass is 9.93. The molecule has 27 heavy (non-hydrogen) atoms. The van der Waals surface area contributed by atoms with E-state index in [2.05, 4.69) is 19.9 Å². The van der Waals surface area contributed by atoms with Crippen LogP contribution < -0.4 is 5.32 Å². The standard InChI is InChI=1S/C20H26N4O3/c1-12-5-7-15-19(21-12)24(13-3-2-4-13)20(22-15)23-18(25)9-10-26-17-11-14-6-8-16(17)27-14/h5,7,13-14,16-17H,2-4,6,8-11H2,1H3,(H,22,23,25)/t14-,16+,17+/m0/s1. The molecule has 0 radical (unpaired) electrons. The number of imidazole rings is 1. The van der Waals surface area contributed by atoms with Crippen LogP contribution in [-0.4, -0.2) is 45.4 Å². The van der Waals surface area contributed by atoms with Gasteiger partial charge in [-0.05, 0) is 51.2 Å². The van der Waals surface area contributed by atoms with Crippen molar-refractivity contribution in [3.63, 3.8) is 0 Å². The van der Waals surface area contributed by atoms with Crippen LogP contribution >= 0.6 is 0 Å². The second-order valence-electron chi connectivity index (χ2n) is 8.00. The number of aromatic nitrogens is 3. The van der Waals surface area contributed by atoms with Gasteiger partial charge in [0, 0.05) is 18.2 Å². The van der Waals surface area contributed by atoms with Crippen LogP contribution in [0, 0.1) is 6.92 Å². The minimum atomic E-state index is -0.0633. The Labute approximate surface area is 158 Å². The lowest BCUT2D eigenvalue weighted by Crippen LogP contribution is -2.27. The van der Waals surface area contributed by atoms with E-state index < -0.39 is 0 Å². The van der Waals surface area contributed by atoms with Crippen molar-refractivity contribution in [2.24, 2.45) is 0 Å². The molecule has 2 saturated heterocycles. The van der Waals surface area contributed by atoms with Crippen LogP contribution in [0.1, 0.15) is 56.7 Å². The first kappa shape index (κ1) is 17.1. The maximum absolute atomic E-state index is 12.5. The third-order valence-electron chi connectivity index (χ3n) is 6.08. The van der Waals surface area contributed by atoms with Crippen molar-refractivity contribution in [2.75, 3.05) is 11.9 Å². The summed E-state index contributed by atoms with van der Waals surface area (Å²) in [6, 6.07) is 4.31. The number of anilines is 1. The molecule has 3 fully saturated rings. The summed E-state index contributed by atoms with van der Waals surface area (Å²) < 4.78 is 13.8. The van der Waals surface area contributed by atoms with Crippen LogP contribution in [0.25, 0.3) is 11.2 Å². The summed E-state index contributed by atoms with van der Waals surface area (Å²) in [7, 11) is 0. The van der Waals surface area contributed by atoms with Gasteiger partial charge in [-0.15, -0.1) is 0 Å². The van der Waals surface area contributed by atoms with Crippen LogP contribution in [0.3, 0.4) is 0 Å². The lowest BCUT2D eigenvalue weighted by molar-refractivity contribution is -0.118. The van der Waals surface area contributed by atoms with Crippen molar-refractivity contribution < 1.29 is 14.3 Å². The zero-order valence-corrected chi connectivity index (χ0v) is 15.7. The number of nitrogens with one attached hydrogen (secondary N) is 1. The van der Waals surface area contributed by atoms with Gasteiger partial charge in [0.1, 0.15) is 5.52 Å². The number of hydrogen-bond donors (Lipinski definition) is 1. The Morgan fingerprint density at radius 3 is 2.89 bits per heavy atom. The van der Waals surface area contributed by atoms with Crippen molar-refractivity contribution in [1.82, 2.24) is 14.5 Å². The topological polar surface area (TPSA) is 78.3 Å². The molecule has 2 bridgehead atoms. The Morgan fingerprint density at radius 2 is 2.19 bits per heavy atom. The van der Waals surface area contributed by atoms with Gasteiger partial charge in [0.15, 0.2) is 5.65 Å². The minimum absolute atomic E-state index is 0.0633. The fourth-order valence-electron chi connectivity index (χ4n) is 4.40. The van der Waals surface area contributed by atoms with Crippen molar-refractivity contribution in [3.8, 4) is 0 Å². The van der Waals surface area contributed by atoms with E-state index in [1.54, 1.807) is 0 Å². The molecule has 1 amide bonds. The minimum Gasteiger partial charge on any atom is -0.375 e. The van der Waals surface area contributed by atoms with Gasteiger partial charge < -0.3 is 9.47 Å². The van der Waals surface area contributed by atoms with E-state index in [0.717, 1.165) is 49.0 Å². The molecule has 3 aliphatic rings. The summed E-state index contributed by atoms with van der Waals surface area (Å²) in [4.78, 5) is 21.7. The molecule has 5 rings (SSSR count). The van der Waals surface area contributed by atoms with Crippen LogP contribution in [0.4, 0.5) is 5.95 Å². The van der Waals surface area contributed by atoms with Gasteiger partial charge in [0.25, 0.3) is 0 Å². The van der Waals surface area contributed by atoms with E-state index in [0.29, 0.717) is 31.1 Å². The highest BCUT2D eigenvalue weighted by molar-refractivity contribution is 5.91. The number of fused-ring (bicyclic) bond motifs is 3. The number of carbonyl (C=O) groups is 1. The van der Waals surface area contributed by atoms with Gasteiger partial charge in [-0.2, -0.15) is 0 Å². The Hall–Kier alpha value is -1.99. The fourth-order valence-corrected chi connectivity index (χ4v) is 4.40. The summed E-state index contributed by atoms with van der Waals surface area (Å²) in [5, 5.41) is 2.99. The third kappa shape index (κ3) is 3.23. The van der Waals surface area contributed by atoms with Gasteiger partial charge in [-0.1, -0.05) is 0 Å². The normalized spacial score (nSPS) is 27.2. The number of aryl methyl sites for hydroxylation is 1. The van der Waals surface area contributed by atoms with Crippen LogP contribution in [0.5, 0.6) is 0 Å². The molecular formula is C20H26N4O3. The van der Waals surface area contributed by atoms with Crippen molar-refractivity contribution in [2.45, 2.75) is 76.2 Å². The number of ether oxygens (including phenoxy) is 2. The highest BCUT2D eigenvalue weighted by atomic mass is 16.6. The highest BCUT2D eigenvalue weighted by Crippen LogP contribution is 2.37. The van der Waals surface area contributed by atoms with E-state index in [4.69, 9.17) is 9.47 Å². The molecular weight excluding hydrogens is 344 g/mol. The van der Waals surface area contributed by atoms with Gasteiger partial charge >= 0.3 is 0 Å². The van der Waals surface area contributed by atoms with E-state index in [1.807, 2.05) is 19.1 Å². The van der Waals surface area contributed by atoms with Crippen LogP contribution in [0.15, 0.2) is 12.1 Å². The highest BCUT2D eigenvalue weighted by Gasteiger charge is 2.41. The molecule has 2 aromatic heterocycles. The molecule has 1 N–H and O–H groups in total. The summed E-state index contributed by atoms with van der Waals surface area (Å²) >= 11 is 0. The Bertz CT molecular complexity index is 860. The van der Waals surface area contributed by atoms with Crippen molar-refractivity contribution >= 4 is 23.0 Å². The van der Waals surface area contributed by atoms with E-state index in [-0.39, 0.29) is 18.1 Å². The van der Waals surface area contributed by atoms with Gasteiger partial charge in [-0.25, -0.2) is 9.97 Å². The first-order chi connectivity index (χ1) is 13.2. The molecule has 1 saturated carbocycles. The predicted octanol–water partition coefficient (Wildman–Crippen LogP) is 3.13. The van der Waals surface area contributed by atoms with E-state index >= 15 is 0 Å². The fraction of sp³-hybridized carbons (Fsp3) is 0.650. The Kier molecular flexibility index (Phi) is 4.36. The number of hydrogen-bond acceptors (Lipinski definition) is 5. The summed E-state index contributed by atoms with van der Waals surface area (Å²) in [6.45, 7) is 2.40. The molecule has 1 aliphatic carbocycles. The second kappa shape index (κ2) is 6.87. The van der Waals surface area contributed by atoms with Crippen LogP contribution in [-0.2, 0) is 14.3 Å². The maximum atomic E-state index is 12.5. The average molecular weight is 370 g/mol. The molecule has 7 heteroatoms. The summed E-state index contributed by atoms with van der Waals surface area (Å²) in [5.41, 5.74) is 2.66. The summed E-state index contributed by atoms with van der Waals surface area (Å²) in [5.74, 6) is 0.549. The molecule has 3 atom stereocenters. The largest absolute Gasteiger partial charge is 0.375 e. The molecule has 4 heterocycles. The molecule has 7 nitrogen and oxygen atoms in total. The molecule has 0 aromatic carbocycles. The van der Waals surface area contributed by atoms with Crippen LogP contribution in [0.2, 0.25) is 0 Å². The number of nitrogens with zero attached hydrogens (tertiary/aromatic N) is 3. The Balaban J connectivity index is 1.24. The van der Waals surface area contributed by atoms with E-state index in [1.165, 1.54) is 6.42 Å². The predicted molar refractivity (Wildman–Crippen MR) is 101 cm³/mol. The zero-order chi connectivity index (χ0) is 18.4. The second-order valence-corrected chi connectivity index (χ2v) is 8.00. The van der Waals surface area contributed by atoms with Crippen molar-refractivity contribution in [1.29, 1.82) is 0 Å². The lowest BCUT2D eigenvalue weighted by Gasteiger charge is -2.28. The maximum Gasteiger partial charge on any atom is 0.229 e. The quantitative estimate of drug-likeness (QED) is 0.845. The third-order valence-corrected chi connectivity index (χ3v) is 6.08. The van der Waals surface area contributed by atoms with Gasteiger partial charge in [0.05, 0.1) is 31.3 Å². The molecule has 0 unspecified atom stereocenters. The number of pyridine rings is 1. The molecule has 2 aliphatic heterocycles.